The van der Waals surface area contributed by atoms with E-state index >= 15 is 0 Å². The van der Waals surface area contributed by atoms with Gasteiger partial charge in [-0.1, -0.05) is 12.1 Å². The van der Waals surface area contributed by atoms with E-state index in [0.29, 0.717) is 5.56 Å². The predicted octanol–water partition coefficient (Wildman–Crippen LogP) is 3.52. The summed E-state index contributed by atoms with van der Waals surface area (Å²) in [5, 5.41) is 0. The first-order valence-electron chi connectivity index (χ1n) is 7.71. The average molecular weight is 383 g/mol. The molecule has 26 heavy (non-hydrogen) atoms. The molecule has 0 saturated heterocycles. The number of rotatable bonds is 6. The van der Waals surface area contributed by atoms with Crippen molar-refractivity contribution in [2.24, 2.45) is 0 Å². The van der Waals surface area contributed by atoms with Crippen LogP contribution in [0.2, 0.25) is 0 Å². The summed E-state index contributed by atoms with van der Waals surface area (Å²) in [4.78, 5) is 14.3. The summed E-state index contributed by atoms with van der Waals surface area (Å²) in [5.74, 6) is -0.322. The van der Waals surface area contributed by atoms with Crippen LogP contribution in [0.4, 0.5) is 8.78 Å². The van der Waals surface area contributed by atoms with Gasteiger partial charge in [-0.15, -0.1) is 0 Å². The summed E-state index contributed by atoms with van der Waals surface area (Å²) >= 11 is 0. The van der Waals surface area contributed by atoms with E-state index in [4.69, 9.17) is 0 Å². The Hall–Kier alpha value is -2.48. The number of carbonyl (C=O) groups excluding carboxylic acids is 1. The van der Waals surface area contributed by atoms with Gasteiger partial charge in [0.1, 0.15) is 5.75 Å². The first-order valence-corrected chi connectivity index (χ1v) is 9.61. The van der Waals surface area contributed by atoms with Crippen molar-refractivity contribution in [3.05, 3.63) is 59.7 Å². The number of hydrogen-bond donors (Lipinski definition) is 0. The third kappa shape index (κ3) is 4.78. The molecule has 1 amide bonds. The molecule has 0 saturated carbocycles. The Kier molecular flexibility index (Phi) is 5.97. The topological polar surface area (TPSA) is 63.7 Å². The number of amides is 1. The fourth-order valence-corrected chi connectivity index (χ4v) is 3.01. The first kappa shape index (κ1) is 19.8. The quantitative estimate of drug-likeness (QED) is 0.766. The summed E-state index contributed by atoms with van der Waals surface area (Å²) < 4.78 is 51.6. The third-order valence-electron chi connectivity index (χ3n) is 4.02. The molecule has 0 aromatic heterocycles. The Balaban J connectivity index is 2.14. The van der Waals surface area contributed by atoms with E-state index in [1.54, 1.807) is 19.2 Å². The second-order valence-electron chi connectivity index (χ2n) is 5.84. The minimum absolute atomic E-state index is 0.0244. The number of alkyl halides is 2. The number of ether oxygens (including phenoxy) is 1. The molecule has 0 heterocycles. The molecule has 5 nitrogen and oxygen atoms in total. The van der Waals surface area contributed by atoms with Crippen molar-refractivity contribution in [1.29, 1.82) is 0 Å². The van der Waals surface area contributed by atoms with Crippen molar-refractivity contribution in [1.82, 2.24) is 4.90 Å². The van der Waals surface area contributed by atoms with Crippen LogP contribution in [0.25, 0.3) is 0 Å². The van der Waals surface area contributed by atoms with Gasteiger partial charge in [-0.05, 0) is 48.9 Å². The molecule has 2 rings (SSSR count). The van der Waals surface area contributed by atoms with Crippen LogP contribution in [-0.2, 0) is 9.84 Å². The second-order valence-corrected chi connectivity index (χ2v) is 7.85. The average Bonchev–Trinajstić information content (AvgIpc) is 2.59. The smallest absolute Gasteiger partial charge is 0.387 e. The van der Waals surface area contributed by atoms with Gasteiger partial charge >= 0.3 is 6.61 Å². The molecule has 0 bridgehead atoms. The number of hydrogen-bond acceptors (Lipinski definition) is 4. The third-order valence-corrected chi connectivity index (χ3v) is 5.15. The lowest BCUT2D eigenvalue weighted by Crippen LogP contribution is -2.29. The number of nitrogens with zero attached hydrogens (tertiary/aromatic N) is 1. The molecule has 2 aromatic rings. The standard InChI is InChI=1S/C18H19F2NO4S/c1-12(13-6-10-16(11-7-13)26(3,23)24)21(2)17(22)14-4-8-15(9-5-14)25-18(19)20/h4-12,18H,1-3H3/t12-/m1/s1. The minimum Gasteiger partial charge on any atom is -0.435 e. The van der Waals surface area contributed by atoms with Gasteiger partial charge in [0, 0.05) is 18.9 Å². The van der Waals surface area contributed by atoms with Gasteiger partial charge in [0.15, 0.2) is 9.84 Å². The highest BCUT2D eigenvalue weighted by molar-refractivity contribution is 7.90. The molecule has 2 aromatic carbocycles. The van der Waals surface area contributed by atoms with Crippen LogP contribution in [0.1, 0.15) is 28.9 Å². The van der Waals surface area contributed by atoms with Gasteiger partial charge in [-0.3, -0.25) is 4.79 Å². The van der Waals surface area contributed by atoms with Gasteiger partial charge in [0.05, 0.1) is 10.9 Å². The zero-order valence-electron chi connectivity index (χ0n) is 14.5. The molecule has 0 N–H and O–H groups in total. The van der Waals surface area contributed by atoms with Crippen LogP contribution in [-0.4, -0.2) is 39.1 Å². The molecule has 140 valence electrons. The van der Waals surface area contributed by atoms with Gasteiger partial charge in [-0.2, -0.15) is 8.78 Å². The SMILES string of the molecule is C[C@H](c1ccc(S(C)(=O)=O)cc1)N(C)C(=O)c1ccc(OC(F)F)cc1. The fourth-order valence-electron chi connectivity index (χ4n) is 2.38. The normalized spacial score (nSPS) is 12.7. The highest BCUT2D eigenvalue weighted by Gasteiger charge is 2.20. The van der Waals surface area contributed by atoms with Crippen molar-refractivity contribution in [3.63, 3.8) is 0 Å². The fraction of sp³-hybridized carbons (Fsp3) is 0.278. The summed E-state index contributed by atoms with van der Waals surface area (Å²) in [7, 11) is -1.67. The molecule has 1 atom stereocenters. The Morgan fingerprint density at radius 1 is 1.04 bits per heavy atom. The van der Waals surface area contributed by atoms with E-state index in [1.807, 2.05) is 6.92 Å². The molecular formula is C18H19F2NO4S. The first-order chi connectivity index (χ1) is 12.1. The summed E-state index contributed by atoms with van der Waals surface area (Å²) in [6.07, 6.45) is 1.13. The Morgan fingerprint density at radius 3 is 2.04 bits per heavy atom. The molecule has 0 fully saturated rings. The van der Waals surface area contributed by atoms with Crippen LogP contribution >= 0.6 is 0 Å². The monoisotopic (exact) mass is 383 g/mol. The van der Waals surface area contributed by atoms with E-state index in [-0.39, 0.29) is 22.6 Å². The zero-order chi connectivity index (χ0) is 19.5. The van der Waals surface area contributed by atoms with Crippen LogP contribution in [0.3, 0.4) is 0 Å². The van der Waals surface area contributed by atoms with Gasteiger partial charge in [0.25, 0.3) is 5.91 Å². The number of carbonyl (C=O) groups is 1. The highest BCUT2D eigenvalue weighted by atomic mass is 32.2. The lowest BCUT2D eigenvalue weighted by atomic mass is 10.1. The van der Waals surface area contributed by atoms with Gasteiger partial charge in [0.2, 0.25) is 0 Å². The summed E-state index contributed by atoms with van der Waals surface area (Å²) in [6.45, 7) is -1.11. The van der Waals surface area contributed by atoms with E-state index in [2.05, 4.69) is 4.74 Å². The van der Waals surface area contributed by atoms with Gasteiger partial charge in [-0.25, -0.2) is 8.42 Å². The van der Waals surface area contributed by atoms with Crippen molar-refractivity contribution < 1.29 is 26.7 Å². The van der Waals surface area contributed by atoms with Crippen LogP contribution < -0.4 is 4.74 Å². The van der Waals surface area contributed by atoms with E-state index in [9.17, 15) is 22.0 Å². The number of halogens is 2. The molecule has 0 radical (unpaired) electrons. The van der Waals surface area contributed by atoms with Crippen molar-refractivity contribution >= 4 is 15.7 Å². The highest BCUT2D eigenvalue weighted by Crippen LogP contribution is 2.23. The Labute approximate surface area is 151 Å². The lowest BCUT2D eigenvalue weighted by Gasteiger charge is -2.25. The minimum atomic E-state index is -3.28. The maximum absolute atomic E-state index is 12.6. The lowest BCUT2D eigenvalue weighted by molar-refractivity contribution is -0.0498. The van der Waals surface area contributed by atoms with Crippen LogP contribution in [0.15, 0.2) is 53.4 Å². The second kappa shape index (κ2) is 7.82. The Morgan fingerprint density at radius 2 is 1.58 bits per heavy atom. The summed E-state index contributed by atoms with van der Waals surface area (Å²) in [5.41, 5.74) is 1.10. The maximum atomic E-state index is 12.6. The molecule has 0 spiro atoms. The van der Waals surface area contributed by atoms with Crippen LogP contribution in [0, 0.1) is 0 Å². The van der Waals surface area contributed by atoms with Crippen molar-refractivity contribution in [3.8, 4) is 5.75 Å². The molecular weight excluding hydrogens is 364 g/mol. The van der Waals surface area contributed by atoms with Crippen LogP contribution in [0.5, 0.6) is 5.75 Å². The van der Waals surface area contributed by atoms with Gasteiger partial charge < -0.3 is 9.64 Å². The van der Waals surface area contributed by atoms with E-state index in [1.165, 1.54) is 41.3 Å². The maximum Gasteiger partial charge on any atom is 0.387 e. The predicted molar refractivity (Wildman–Crippen MR) is 93.1 cm³/mol. The molecule has 8 heteroatoms. The van der Waals surface area contributed by atoms with Crippen molar-refractivity contribution in [2.75, 3.05) is 13.3 Å². The van der Waals surface area contributed by atoms with E-state index in [0.717, 1.165) is 11.8 Å². The van der Waals surface area contributed by atoms with E-state index < -0.39 is 16.4 Å². The van der Waals surface area contributed by atoms with Crippen molar-refractivity contribution in [2.45, 2.75) is 24.5 Å². The Bertz CT molecular complexity index is 865. The number of benzene rings is 2. The zero-order valence-corrected chi connectivity index (χ0v) is 15.3. The summed E-state index contributed by atoms with van der Waals surface area (Å²) in [6, 6.07) is 11.4. The number of sulfone groups is 1. The largest absolute Gasteiger partial charge is 0.435 e. The molecule has 0 unspecified atom stereocenters. The molecule has 0 aliphatic carbocycles. The molecule has 0 aliphatic heterocycles. The molecule has 0 aliphatic rings.